The number of anilines is 1. The van der Waals surface area contributed by atoms with Crippen molar-refractivity contribution in [1.29, 1.82) is 0 Å². The van der Waals surface area contributed by atoms with Gasteiger partial charge in [0.1, 0.15) is 0 Å². The molecule has 2 nitrogen and oxygen atoms in total. The summed E-state index contributed by atoms with van der Waals surface area (Å²) in [5, 5.41) is 6.16. The van der Waals surface area contributed by atoms with E-state index in [0.717, 1.165) is 23.7 Å². The van der Waals surface area contributed by atoms with E-state index in [1.807, 2.05) is 7.05 Å². The van der Waals surface area contributed by atoms with Crippen LogP contribution in [0, 0.1) is 0 Å². The van der Waals surface area contributed by atoms with E-state index in [-0.39, 0.29) is 0 Å². The predicted molar refractivity (Wildman–Crippen MR) is 70.3 cm³/mol. The van der Waals surface area contributed by atoms with Gasteiger partial charge < -0.3 is 5.32 Å². The lowest BCUT2D eigenvalue weighted by molar-refractivity contribution is 1.09. The Morgan fingerprint density at radius 1 is 1.19 bits per heavy atom. The van der Waals surface area contributed by atoms with Crippen molar-refractivity contribution < 1.29 is 0 Å². The van der Waals surface area contributed by atoms with Crippen molar-refractivity contribution in [3.05, 3.63) is 46.5 Å². The third-order valence-electron chi connectivity index (χ3n) is 2.58. The molecule has 1 heterocycles. The Morgan fingerprint density at radius 2 is 1.88 bits per heavy atom. The van der Waals surface area contributed by atoms with Crippen molar-refractivity contribution in [2.24, 2.45) is 0 Å². The van der Waals surface area contributed by atoms with Gasteiger partial charge in [-0.1, -0.05) is 31.2 Å². The first-order valence-corrected chi connectivity index (χ1v) is 6.39. The van der Waals surface area contributed by atoms with Gasteiger partial charge in [0.25, 0.3) is 0 Å². The van der Waals surface area contributed by atoms with Crippen LogP contribution in [0.1, 0.15) is 23.7 Å². The molecule has 0 unspecified atom stereocenters. The molecule has 0 spiro atoms. The molecular formula is C13H16N2S. The van der Waals surface area contributed by atoms with E-state index < -0.39 is 0 Å². The Balaban J connectivity index is 2.08. The van der Waals surface area contributed by atoms with Crippen molar-refractivity contribution in [3.8, 4) is 0 Å². The van der Waals surface area contributed by atoms with E-state index >= 15 is 0 Å². The number of nitrogens with one attached hydrogen (secondary N) is 1. The van der Waals surface area contributed by atoms with E-state index in [0.29, 0.717) is 0 Å². The van der Waals surface area contributed by atoms with E-state index in [9.17, 15) is 0 Å². The number of aromatic nitrogens is 1. The van der Waals surface area contributed by atoms with Crippen molar-refractivity contribution >= 4 is 16.5 Å². The zero-order chi connectivity index (χ0) is 11.4. The molecule has 0 saturated heterocycles. The van der Waals surface area contributed by atoms with Crippen LogP contribution in [0.5, 0.6) is 0 Å². The van der Waals surface area contributed by atoms with Crippen LogP contribution in [-0.2, 0) is 12.8 Å². The van der Waals surface area contributed by atoms with Gasteiger partial charge in [0, 0.05) is 18.8 Å². The maximum Gasteiger partial charge on any atom is 0.182 e. The summed E-state index contributed by atoms with van der Waals surface area (Å²) in [6, 6.07) is 8.77. The minimum atomic E-state index is 0.919. The van der Waals surface area contributed by atoms with Gasteiger partial charge in [0.05, 0.1) is 5.69 Å². The van der Waals surface area contributed by atoms with Crippen LogP contribution in [0.15, 0.2) is 29.6 Å². The summed E-state index contributed by atoms with van der Waals surface area (Å²) in [6.07, 6.45) is 2.02. The standard InChI is InChI=1S/C13H16N2S/c1-3-10-4-6-11(7-5-10)8-12-9-16-13(14-2)15-12/h4-7,9H,3,8H2,1-2H3,(H,14,15). The molecule has 1 N–H and O–H groups in total. The molecule has 3 heteroatoms. The molecule has 0 aliphatic rings. The van der Waals surface area contributed by atoms with Crippen molar-refractivity contribution in [2.45, 2.75) is 19.8 Å². The quantitative estimate of drug-likeness (QED) is 0.874. The highest BCUT2D eigenvalue weighted by molar-refractivity contribution is 7.13. The van der Waals surface area contributed by atoms with Crippen molar-refractivity contribution in [1.82, 2.24) is 4.98 Å². The molecule has 2 aromatic rings. The van der Waals surface area contributed by atoms with Crippen LogP contribution in [0.4, 0.5) is 5.13 Å². The highest BCUT2D eigenvalue weighted by atomic mass is 32.1. The molecule has 0 bridgehead atoms. The number of benzene rings is 1. The van der Waals surface area contributed by atoms with Gasteiger partial charge in [0.15, 0.2) is 5.13 Å². The van der Waals surface area contributed by atoms with Crippen LogP contribution in [0.3, 0.4) is 0 Å². The molecule has 0 atom stereocenters. The molecule has 0 aliphatic carbocycles. The minimum Gasteiger partial charge on any atom is -0.365 e. The fourth-order valence-electron chi connectivity index (χ4n) is 1.60. The molecule has 1 aromatic carbocycles. The number of rotatable bonds is 4. The maximum atomic E-state index is 4.47. The summed E-state index contributed by atoms with van der Waals surface area (Å²) in [5.41, 5.74) is 3.85. The summed E-state index contributed by atoms with van der Waals surface area (Å²) in [4.78, 5) is 4.47. The fraction of sp³-hybridized carbons (Fsp3) is 0.308. The molecule has 0 aliphatic heterocycles. The van der Waals surface area contributed by atoms with Crippen LogP contribution in [-0.4, -0.2) is 12.0 Å². The molecule has 0 saturated carbocycles. The SMILES string of the molecule is CCc1ccc(Cc2csc(NC)n2)cc1. The lowest BCUT2D eigenvalue weighted by atomic mass is 10.1. The second kappa shape index (κ2) is 5.12. The van der Waals surface area contributed by atoms with Gasteiger partial charge in [-0.15, -0.1) is 11.3 Å². The second-order valence-corrected chi connectivity index (χ2v) is 4.60. The highest BCUT2D eigenvalue weighted by Gasteiger charge is 2.01. The molecule has 1 aromatic heterocycles. The second-order valence-electron chi connectivity index (χ2n) is 3.74. The normalized spacial score (nSPS) is 10.4. The Labute approximate surface area is 100 Å². The van der Waals surface area contributed by atoms with Crippen LogP contribution >= 0.6 is 11.3 Å². The Morgan fingerprint density at radius 3 is 2.44 bits per heavy atom. The van der Waals surface area contributed by atoms with Gasteiger partial charge in [-0.2, -0.15) is 0 Å². The molecular weight excluding hydrogens is 216 g/mol. The predicted octanol–water partition coefficient (Wildman–Crippen LogP) is 3.34. The zero-order valence-corrected chi connectivity index (χ0v) is 10.5. The zero-order valence-electron chi connectivity index (χ0n) is 9.66. The largest absolute Gasteiger partial charge is 0.365 e. The Bertz CT molecular complexity index is 445. The van der Waals surface area contributed by atoms with Crippen LogP contribution in [0.25, 0.3) is 0 Å². The minimum absolute atomic E-state index is 0.919. The number of hydrogen-bond donors (Lipinski definition) is 1. The van der Waals surface area contributed by atoms with Gasteiger partial charge in [-0.25, -0.2) is 4.98 Å². The third kappa shape index (κ3) is 2.61. The summed E-state index contributed by atoms with van der Waals surface area (Å²) in [5.74, 6) is 0. The van der Waals surface area contributed by atoms with Crippen molar-refractivity contribution in [2.75, 3.05) is 12.4 Å². The Hall–Kier alpha value is -1.35. The van der Waals surface area contributed by atoms with Gasteiger partial charge in [0.2, 0.25) is 0 Å². The number of hydrogen-bond acceptors (Lipinski definition) is 3. The average molecular weight is 232 g/mol. The molecule has 84 valence electrons. The van der Waals surface area contributed by atoms with Crippen LogP contribution in [0.2, 0.25) is 0 Å². The van der Waals surface area contributed by atoms with Crippen LogP contribution < -0.4 is 5.32 Å². The maximum absolute atomic E-state index is 4.47. The fourth-order valence-corrected chi connectivity index (χ4v) is 2.28. The van der Waals surface area contributed by atoms with E-state index in [1.165, 1.54) is 11.1 Å². The summed E-state index contributed by atoms with van der Waals surface area (Å²) >= 11 is 1.65. The highest BCUT2D eigenvalue weighted by Crippen LogP contribution is 2.17. The first kappa shape index (κ1) is 11.1. The molecule has 16 heavy (non-hydrogen) atoms. The smallest absolute Gasteiger partial charge is 0.182 e. The summed E-state index contributed by atoms with van der Waals surface area (Å²) in [7, 11) is 1.90. The van der Waals surface area contributed by atoms with Gasteiger partial charge in [-0.3, -0.25) is 0 Å². The number of nitrogens with zero attached hydrogens (tertiary/aromatic N) is 1. The third-order valence-corrected chi connectivity index (χ3v) is 3.49. The van der Waals surface area contributed by atoms with E-state index in [2.05, 4.69) is 46.9 Å². The van der Waals surface area contributed by atoms with E-state index in [4.69, 9.17) is 0 Å². The van der Waals surface area contributed by atoms with Gasteiger partial charge in [-0.05, 0) is 17.5 Å². The number of thiazole rings is 1. The summed E-state index contributed by atoms with van der Waals surface area (Å²) < 4.78 is 0. The first-order valence-electron chi connectivity index (χ1n) is 5.51. The monoisotopic (exact) mass is 232 g/mol. The molecule has 0 radical (unpaired) electrons. The first-order chi connectivity index (χ1) is 7.81. The Kier molecular flexibility index (Phi) is 3.57. The molecule has 0 fully saturated rings. The average Bonchev–Trinajstić information content (AvgIpc) is 2.78. The lowest BCUT2D eigenvalue weighted by Crippen LogP contribution is -1.91. The lowest BCUT2D eigenvalue weighted by Gasteiger charge is -2.00. The summed E-state index contributed by atoms with van der Waals surface area (Å²) in [6.45, 7) is 2.18. The van der Waals surface area contributed by atoms with Gasteiger partial charge >= 0.3 is 0 Å². The molecule has 2 rings (SSSR count). The number of aryl methyl sites for hydroxylation is 1. The van der Waals surface area contributed by atoms with E-state index in [1.54, 1.807) is 11.3 Å². The van der Waals surface area contributed by atoms with Crippen molar-refractivity contribution in [3.63, 3.8) is 0 Å². The topological polar surface area (TPSA) is 24.9 Å². The molecule has 0 amide bonds.